The first-order chi connectivity index (χ1) is 9.27. The summed E-state index contributed by atoms with van der Waals surface area (Å²) in [5, 5.41) is 0. The molecule has 0 radical (unpaired) electrons. The van der Waals surface area contributed by atoms with E-state index in [2.05, 4.69) is 0 Å². The summed E-state index contributed by atoms with van der Waals surface area (Å²) in [4.78, 5) is 3.29. The molecule has 0 fully saturated rings. The van der Waals surface area contributed by atoms with Crippen LogP contribution in [0, 0.1) is 6.92 Å². The standard InChI is InChI=1S/C14H20F4N2/c1-4-20(6-5-19(3)10-15)13-8-11(2)7-12(9-13)14(16,17)18/h7-9H,4-6,10H2,1-3H3. The highest BCUT2D eigenvalue weighted by atomic mass is 19.4. The van der Waals surface area contributed by atoms with E-state index in [9.17, 15) is 17.6 Å². The van der Waals surface area contributed by atoms with Crippen LogP contribution in [-0.4, -0.2) is 38.4 Å². The van der Waals surface area contributed by atoms with Crippen LogP contribution >= 0.6 is 0 Å². The van der Waals surface area contributed by atoms with Crippen molar-refractivity contribution in [3.05, 3.63) is 29.3 Å². The molecule has 0 unspecified atom stereocenters. The van der Waals surface area contributed by atoms with Gasteiger partial charge in [0.15, 0.2) is 0 Å². The van der Waals surface area contributed by atoms with E-state index < -0.39 is 18.5 Å². The van der Waals surface area contributed by atoms with Gasteiger partial charge in [0.1, 0.15) is 6.80 Å². The summed E-state index contributed by atoms with van der Waals surface area (Å²) in [6.07, 6.45) is -4.35. The molecule has 0 N–H and O–H groups in total. The number of halogens is 4. The Morgan fingerprint density at radius 3 is 2.25 bits per heavy atom. The normalized spacial score (nSPS) is 12.0. The van der Waals surface area contributed by atoms with Crippen LogP contribution in [0.1, 0.15) is 18.1 Å². The Bertz CT molecular complexity index is 432. The van der Waals surface area contributed by atoms with E-state index in [4.69, 9.17) is 0 Å². The fraction of sp³-hybridized carbons (Fsp3) is 0.571. The topological polar surface area (TPSA) is 6.48 Å². The van der Waals surface area contributed by atoms with E-state index in [1.807, 2.05) is 11.8 Å². The number of aryl methyl sites for hydroxylation is 1. The van der Waals surface area contributed by atoms with Crippen LogP contribution < -0.4 is 4.90 Å². The Morgan fingerprint density at radius 2 is 1.75 bits per heavy atom. The molecule has 0 saturated heterocycles. The van der Waals surface area contributed by atoms with Crippen molar-refractivity contribution < 1.29 is 17.6 Å². The number of rotatable bonds is 6. The Labute approximate surface area is 117 Å². The van der Waals surface area contributed by atoms with Crippen LogP contribution in [0.2, 0.25) is 0 Å². The Kier molecular flexibility index (Phi) is 5.80. The number of anilines is 1. The van der Waals surface area contributed by atoms with Crippen LogP contribution in [0.15, 0.2) is 18.2 Å². The first-order valence-corrected chi connectivity index (χ1v) is 6.46. The van der Waals surface area contributed by atoms with Gasteiger partial charge in [0.25, 0.3) is 0 Å². The minimum absolute atomic E-state index is 0.458. The van der Waals surface area contributed by atoms with Crippen LogP contribution in [0.5, 0.6) is 0 Å². The molecule has 0 heterocycles. The predicted octanol–water partition coefficient (Wildman–Crippen LogP) is 3.70. The third-order valence-electron chi connectivity index (χ3n) is 3.09. The van der Waals surface area contributed by atoms with E-state index in [0.717, 1.165) is 12.1 Å². The molecule has 0 aliphatic heterocycles. The summed E-state index contributed by atoms with van der Waals surface area (Å²) in [7, 11) is 1.63. The second kappa shape index (κ2) is 6.92. The number of nitrogens with zero attached hydrogens (tertiary/aromatic N) is 2. The monoisotopic (exact) mass is 292 g/mol. The van der Waals surface area contributed by atoms with Crippen molar-refractivity contribution in [1.82, 2.24) is 4.90 Å². The van der Waals surface area contributed by atoms with E-state index in [1.54, 1.807) is 20.0 Å². The second-order valence-corrected chi connectivity index (χ2v) is 4.83. The molecule has 1 aromatic carbocycles. The van der Waals surface area contributed by atoms with Crippen LogP contribution in [0.25, 0.3) is 0 Å². The minimum atomic E-state index is -4.35. The average molecular weight is 292 g/mol. The zero-order chi connectivity index (χ0) is 15.3. The lowest BCUT2D eigenvalue weighted by Crippen LogP contribution is -2.33. The summed E-state index contributed by atoms with van der Waals surface area (Å²) < 4.78 is 50.8. The smallest absolute Gasteiger partial charge is 0.371 e. The van der Waals surface area contributed by atoms with Gasteiger partial charge in [-0.3, -0.25) is 4.90 Å². The van der Waals surface area contributed by atoms with Gasteiger partial charge >= 0.3 is 6.18 Å². The maximum Gasteiger partial charge on any atom is 0.416 e. The van der Waals surface area contributed by atoms with Crippen LogP contribution in [0.4, 0.5) is 23.2 Å². The maximum atomic E-state index is 12.8. The second-order valence-electron chi connectivity index (χ2n) is 4.83. The molecule has 1 aromatic rings. The van der Waals surface area contributed by atoms with Crippen LogP contribution in [-0.2, 0) is 6.18 Å². The van der Waals surface area contributed by atoms with Crippen molar-refractivity contribution in [2.75, 3.05) is 38.4 Å². The number of hydrogen-bond acceptors (Lipinski definition) is 2. The quantitative estimate of drug-likeness (QED) is 0.582. The molecule has 0 atom stereocenters. The number of benzene rings is 1. The fourth-order valence-corrected chi connectivity index (χ4v) is 1.93. The van der Waals surface area contributed by atoms with E-state index in [-0.39, 0.29) is 0 Å². The Hall–Kier alpha value is -1.30. The predicted molar refractivity (Wildman–Crippen MR) is 72.7 cm³/mol. The molecule has 0 bridgehead atoms. The third kappa shape index (κ3) is 4.67. The lowest BCUT2D eigenvalue weighted by molar-refractivity contribution is -0.137. The van der Waals surface area contributed by atoms with E-state index in [1.165, 1.54) is 4.90 Å². The van der Waals surface area contributed by atoms with Crippen molar-refractivity contribution in [2.45, 2.75) is 20.0 Å². The summed E-state index contributed by atoms with van der Waals surface area (Å²) in [5.41, 5.74) is 0.434. The SMILES string of the molecule is CCN(CCN(C)CF)c1cc(C)cc(C(F)(F)F)c1. The summed E-state index contributed by atoms with van der Waals surface area (Å²) in [6, 6.07) is 3.99. The lowest BCUT2D eigenvalue weighted by Gasteiger charge is -2.26. The highest BCUT2D eigenvalue weighted by molar-refractivity contribution is 5.51. The molecule has 0 aromatic heterocycles. The molecule has 2 nitrogen and oxygen atoms in total. The lowest BCUT2D eigenvalue weighted by atomic mass is 10.1. The van der Waals surface area contributed by atoms with Gasteiger partial charge in [0.2, 0.25) is 0 Å². The summed E-state index contributed by atoms with van der Waals surface area (Å²) in [6.45, 7) is 4.45. The Morgan fingerprint density at radius 1 is 1.10 bits per heavy atom. The fourth-order valence-electron chi connectivity index (χ4n) is 1.93. The molecular weight excluding hydrogens is 272 g/mol. The number of likely N-dealkylation sites (N-methyl/N-ethyl adjacent to an activating group) is 2. The van der Waals surface area contributed by atoms with Gasteiger partial charge in [0, 0.05) is 25.3 Å². The third-order valence-corrected chi connectivity index (χ3v) is 3.09. The molecule has 0 spiro atoms. The van der Waals surface area contributed by atoms with Crippen molar-refractivity contribution in [1.29, 1.82) is 0 Å². The highest BCUT2D eigenvalue weighted by Gasteiger charge is 2.31. The molecule has 1 rings (SSSR count). The van der Waals surface area contributed by atoms with Gasteiger partial charge in [-0.1, -0.05) is 0 Å². The first kappa shape index (κ1) is 16.8. The molecule has 6 heteroatoms. The van der Waals surface area contributed by atoms with Gasteiger partial charge in [-0.2, -0.15) is 13.2 Å². The number of alkyl halides is 4. The van der Waals surface area contributed by atoms with Crippen molar-refractivity contribution in [2.24, 2.45) is 0 Å². The molecule has 0 aliphatic rings. The highest BCUT2D eigenvalue weighted by Crippen LogP contribution is 2.32. The van der Waals surface area contributed by atoms with Gasteiger partial charge in [-0.15, -0.1) is 0 Å². The minimum Gasteiger partial charge on any atom is -0.371 e. The molecule has 0 aliphatic carbocycles. The molecule has 0 amide bonds. The van der Waals surface area contributed by atoms with Gasteiger partial charge in [-0.05, 0) is 44.7 Å². The molecule has 20 heavy (non-hydrogen) atoms. The Balaban J connectivity index is 2.95. The zero-order valence-electron chi connectivity index (χ0n) is 12.0. The average Bonchev–Trinajstić information content (AvgIpc) is 2.37. The van der Waals surface area contributed by atoms with Crippen molar-refractivity contribution in [3.8, 4) is 0 Å². The largest absolute Gasteiger partial charge is 0.416 e. The molecule has 114 valence electrons. The van der Waals surface area contributed by atoms with Gasteiger partial charge in [0.05, 0.1) is 5.56 Å². The van der Waals surface area contributed by atoms with Crippen molar-refractivity contribution >= 4 is 5.69 Å². The van der Waals surface area contributed by atoms with Crippen molar-refractivity contribution in [3.63, 3.8) is 0 Å². The zero-order valence-corrected chi connectivity index (χ0v) is 12.0. The summed E-state index contributed by atoms with van der Waals surface area (Å²) in [5.74, 6) is 0. The van der Waals surface area contributed by atoms with Gasteiger partial charge < -0.3 is 4.90 Å². The summed E-state index contributed by atoms with van der Waals surface area (Å²) >= 11 is 0. The molecule has 0 saturated carbocycles. The van der Waals surface area contributed by atoms with E-state index >= 15 is 0 Å². The van der Waals surface area contributed by atoms with Crippen LogP contribution in [0.3, 0.4) is 0 Å². The number of hydrogen-bond donors (Lipinski definition) is 0. The maximum absolute atomic E-state index is 12.8. The van der Waals surface area contributed by atoms with E-state index in [0.29, 0.717) is 30.9 Å². The first-order valence-electron chi connectivity index (χ1n) is 6.46. The van der Waals surface area contributed by atoms with Gasteiger partial charge in [-0.25, -0.2) is 4.39 Å². The molecular formula is C14H20F4N2.